The Morgan fingerprint density at radius 3 is 2.77 bits per heavy atom. The van der Waals surface area contributed by atoms with Crippen LogP contribution in [0.2, 0.25) is 0 Å². The van der Waals surface area contributed by atoms with E-state index < -0.39 is 17.4 Å². The number of aliphatic hydroxyl groups is 1. The zero-order valence-electron chi connectivity index (χ0n) is 12.9. The van der Waals surface area contributed by atoms with E-state index in [1.807, 2.05) is 0 Å². The van der Waals surface area contributed by atoms with E-state index in [1.54, 1.807) is 18.7 Å². The van der Waals surface area contributed by atoms with Crippen LogP contribution < -0.4 is 16.6 Å². The lowest BCUT2D eigenvalue weighted by atomic mass is 10.3. The largest absolute Gasteiger partial charge is 0.390 e. The first kappa shape index (κ1) is 16.4. The van der Waals surface area contributed by atoms with Crippen molar-refractivity contribution in [2.45, 2.75) is 12.6 Å². The number of imidazole rings is 1. The highest BCUT2D eigenvalue weighted by atomic mass is 16.5. The molecule has 0 aliphatic heterocycles. The molecule has 0 amide bonds. The zero-order chi connectivity index (χ0) is 16.3. The molecule has 0 saturated heterocycles. The maximum absolute atomic E-state index is 12.2. The molecule has 2 N–H and O–H groups in total. The van der Waals surface area contributed by atoms with Gasteiger partial charge in [-0.3, -0.25) is 13.9 Å². The highest BCUT2D eigenvalue weighted by Crippen LogP contribution is 2.06. The Morgan fingerprint density at radius 2 is 2.09 bits per heavy atom. The molecule has 0 spiro atoms. The van der Waals surface area contributed by atoms with E-state index in [1.165, 1.54) is 17.9 Å². The third-order valence-electron chi connectivity index (χ3n) is 3.49. The number of nitrogens with zero attached hydrogens (tertiary/aromatic N) is 4. The van der Waals surface area contributed by atoms with Crippen LogP contribution in [0.3, 0.4) is 0 Å². The first-order valence-electron chi connectivity index (χ1n) is 6.96. The standard InChI is InChI=1S/C13H21N5O4/c1-16-11-10(12(20)17(2)13(16)21)18(8-15-11)7-9(19)6-14-4-5-22-3/h8-9,14,19H,4-7H2,1-3H3. The van der Waals surface area contributed by atoms with Gasteiger partial charge in [-0.2, -0.15) is 0 Å². The van der Waals surface area contributed by atoms with E-state index >= 15 is 0 Å². The van der Waals surface area contributed by atoms with Crippen molar-refractivity contribution in [3.8, 4) is 0 Å². The van der Waals surface area contributed by atoms with E-state index in [-0.39, 0.29) is 6.54 Å². The van der Waals surface area contributed by atoms with E-state index in [2.05, 4.69) is 10.3 Å². The maximum Gasteiger partial charge on any atom is 0.332 e. The van der Waals surface area contributed by atoms with Gasteiger partial charge >= 0.3 is 5.69 Å². The number of aromatic nitrogens is 4. The molecule has 1 atom stereocenters. The van der Waals surface area contributed by atoms with E-state index in [0.29, 0.717) is 30.9 Å². The minimum atomic E-state index is -0.684. The van der Waals surface area contributed by atoms with Crippen molar-refractivity contribution in [3.05, 3.63) is 27.2 Å². The topological polar surface area (TPSA) is 103 Å². The van der Waals surface area contributed by atoms with E-state index in [4.69, 9.17) is 4.74 Å². The quantitative estimate of drug-likeness (QED) is 0.575. The van der Waals surface area contributed by atoms with Gasteiger partial charge in [0.1, 0.15) is 0 Å². The number of aryl methyl sites for hydroxylation is 1. The van der Waals surface area contributed by atoms with Crippen molar-refractivity contribution < 1.29 is 9.84 Å². The van der Waals surface area contributed by atoms with Crippen molar-refractivity contribution in [2.75, 3.05) is 26.8 Å². The molecule has 2 aromatic rings. The average Bonchev–Trinajstić information content (AvgIpc) is 2.91. The Balaban J connectivity index is 2.23. The smallest absolute Gasteiger partial charge is 0.332 e. The van der Waals surface area contributed by atoms with Crippen molar-refractivity contribution in [2.24, 2.45) is 14.1 Å². The summed E-state index contributed by atoms with van der Waals surface area (Å²) in [7, 11) is 4.59. The van der Waals surface area contributed by atoms with Crippen LogP contribution in [0.5, 0.6) is 0 Å². The van der Waals surface area contributed by atoms with Crippen LogP contribution in [-0.2, 0) is 25.4 Å². The predicted octanol–water partition coefficient (Wildman–Crippen LogP) is -1.97. The molecule has 0 aliphatic carbocycles. The minimum absolute atomic E-state index is 0.212. The number of hydrogen-bond acceptors (Lipinski definition) is 6. The lowest BCUT2D eigenvalue weighted by molar-refractivity contribution is 0.145. The number of ether oxygens (including phenoxy) is 1. The molecule has 2 heterocycles. The third kappa shape index (κ3) is 3.11. The fourth-order valence-corrected chi connectivity index (χ4v) is 2.27. The summed E-state index contributed by atoms with van der Waals surface area (Å²) in [6.07, 6.45) is 0.778. The van der Waals surface area contributed by atoms with Crippen molar-refractivity contribution >= 4 is 11.2 Å². The summed E-state index contributed by atoms with van der Waals surface area (Å²) >= 11 is 0. The van der Waals surface area contributed by atoms with Crippen LogP contribution in [-0.4, -0.2) is 56.7 Å². The van der Waals surface area contributed by atoms with Crippen LogP contribution in [0.15, 0.2) is 15.9 Å². The molecule has 0 fully saturated rings. The van der Waals surface area contributed by atoms with Gasteiger partial charge < -0.3 is 19.7 Å². The fourth-order valence-electron chi connectivity index (χ4n) is 2.27. The SMILES string of the molecule is COCCNCC(O)Cn1cnc2c1c(=O)n(C)c(=O)n2C. The van der Waals surface area contributed by atoms with Gasteiger partial charge in [0.2, 0.25) is 0 Å². The summed E-state index contributed by atoms with van der Waals surface area (Å²) in [6.45, 7) is 1.77. The minimum Gasteiger partial charge on any atom is -0.390 e. The zero-order valence-corrected chi connectivity index (χ0v) is 12.9. The summed E-state index contributed by atoms with van der Waals surface area (Å²) < 4.78 is 8.82. The van der Waals surface area contributed by atoms with Gasteiger partial charge in [-0.25, -0.2) is 9.78 Å². The molecule has 1 unspecified atom stereocenters. The van der Waals surface area contributed by atoms with E-state index in [9.17, 15) is 14.7 Å². The summed E-state index contributed by atoms with van der Waals surface area (Å²) in [4.78, 5) is 28.2. The second-order valence-electron chi connectivity index (χ2n) is 5.13. The molecule has 0 bridgehead atoms. The molecular formula is C13H21N5O4. The Labute approximate surface area is 126 Å². The van der Waals surface area contributed by atoms with Crippen molar-refractivity contribution in [1.82, 2.24) is 24.0 Å². The number of rotatable bonds is 7. The summed E-state index contributed by atoms with van der Waals surface area (Å²) in [5.41, 5.74) is -0.229. The predicted molar refractivity (Wildman–Crippen MR) is 81.0 cm³/mol. The summed E-state index contributed by atoms with van der Waals surface area (Å²) in [6, 6.07) is 0. The van der Waals surface area contributed by atoms with Gasteiger partial charge in [-0.15, -0.1) is 0 Å². The number of methoxy groups -OCH3 is 1. The van der Waals surface area contributed by atoms with Crippen molar-refractivity contribution in [1.29, 1.82) is 0 Å². The Morgan fingerprint density at radius 1 is 1.36 bits per heavy atom. The first-order valence-corrected chi connectivity index (χ1v) is 6.96. The molecule has 22 heavy (non-hydrogen) atoms. The summed E-state index contributed by atoms with van der Waals surface area (Å²) in [5, 5.41) is 13.1. The van der Waals surface area contributed by atoms with Crippen LogP contribution in [0.4, 0.5) is 0 Å². The van der Waals surface area contributed by atoms with E-state index in [0.717, 1.165) is 4.57 Å². The number of nitrogens with one attached hydrogen (secondary N) is 1. The molecule has 2 aromatic heterocycles. The summed E-state index contributed by atoms with van der Waals surface area (Å²) in [5.74, 6) is 0. The molecule has 0 aliphatic rings. The normalized spacial score (nSPS) is 12.9. The first-order chi connectivity index (χ1) is 10.5. The molecule has 122 valence electrons. The van der Waals surface area contributed by atoms with Gasteiger partial charge in [0.05, 0.1) is 25.6 Å². The van der Waals surface area contributed by atoms with Gasteiger partial charge in [-0.05, 0) is 0 Å². The Kier molecular flexibility index (Phi) is 5.11. The van der Waals surface area contributed by atoms with Gasteiger partial charge in [0.25, 0.3) is 5.56 Å². The second-order valence-corrected chi connectivity index (χ2v) is 5.13. The molecule has 9 nitrogen and oxygen atoms in total. The second kappa shape index (κ2) is 6.86. The molecular weight excluding hydrogens is 290 g/mol. The van der Waals surface area contributed by atoms with Gasteiger partial charge in [0.15, 0.2) is 11.2 Å². The number of fused-ring (bicyclic) bond motifs is 1. The average molecular weight is 311 g/mol. The Hall–Kier alpha value is -1.97. The number of aliphatic hydroxyl groups excluding tert-OH is 1. The van der Waals surface area contributed by atoms with Gasteiger partial charge in [0, 0.05) is 34.3 Å². The lowest BCUT2D eigenvalue weighted by Gasteiger charge is -2.13. The van der Waals surface area contributed by atoms with Crippen molar-refractivity contribution in [3.63, 3.8) is 0 Å². The molecule has 2 rings (SSSR count). The molecule has 0 radical (unpaired) electrons. The maximum atomic E-state index is 12.2. The third-order valence-corrected chi connectivity index (χ3v) is 3.49. The fraction of sp³-hybridized carbons (Fsp3) is 0.615. The Bertz CT molecular complexity index is 760. The van der Waals surface area contributed by atoms with Crippen LogP contribution in [0.1, 0.15) is 0 Å². The van der Waals surface area contributed by atoms with Crippen LogP contribution >= 0.6 is 0 Å². The highest BCUT2D eigenvalue weighted by Gasteiger charge is 2.16. The molecule has 0 saturated carbocycles. The number of hydrogen-bond donors (Lipinski definition) is 2. The van der Waals surface area contributed by atoms with Crippen LogP contribution in [0.25, 0.3) is 11.2 Å². The molecule has 9 heteroatoms. The molecule has 0 aromatic carbocycles. The highest BCUT2D eigenvalue weighted by molar-refractivity contribution is 5.69. The monoisotopic (exact) mass is 311 g/mol. The van der Waals surface area contributed by atoms with Crippen LogP contribution in [0, 0.1) is 0 Å². The van der Waals surface area contributed by atoms with Gasteiger partial charge in [-0.1, -0.05) is 0 Å². The lowest BCUT2D eigenvalue weighted by Crippen LogP contribution is -2.38.